The number of nitrogens with one attached hydrogen (secondary N) is 2. The summed E-state index contributed by atoms with van der Waals surface area (Å²) in [6.45, 7) is 1.99. The summed E-state index contributed by atoms with van der Waals surface area (Å²) in [5.41, 5.74) is 7.78. The molecule has 2 N–H and O–H groups in total. The number of aliphatic imine (C=N–C) groups is 1. The number of anilines is 1. The molecule has 32 heavy (non-hydrogen) atoms. The summed E-state index contributed by atoms with van der Waals surface area (Å²) in [6, 6.07) is 24.4. The highest BCUT2D eigenvalue weighted by Crippen LogP contribution is 2.40. The third kappa shape index (κ3) is 4.18. The van der Waals surface area contributed by atoms with Crippen molar-refractivity contribution in [3.8, 4) is 0 Å². The number of nitrogens with zero attached hydrogens (tertiary/aromatic N) is 1. The summed E-state index contributed by atoms with van der Waals surface area (Å²) in [4.78, 5) is 29.9. The molecule has 0 saturated carbocycles. The Labute approximate surface area is 186 Å². The average molecular weight is 429 g/mol. The van der Waals surface area contributed by atoms with Crippen molar-refractivity contribution >= 4 is 23.6 Å². The number of carbonyl (C=O) groups is 2. The van der Waals surface area contributed by atoms with Crippen LogP contribution in [0.2, 0.25) is 0 Å². The van der Waals surface area contributed by atoms with Gasteiger partial charge in [-0.05, 0) is 30.7 Å². The molecule has 1 aliphatic heterocycles. The van der Waals surface area contributed by atoms with Crippen molar-refractivity contribution in [2.24, 2.45) is 4.99 Å². The van der Waals surface area contributed by atoms with Gasteiger partial charge in [-0.2, -0.15) is 0 Å². The summed E-state index contributed by atoms with van der Waals surface area (Å²) in [5, 5.41) is 0. The van der Waals surface area contributed by atoms with Gasteiger partial charge in [-0.15, -0.1) is 0 Å². The fraction of sp³-hybridized carbons (Fsp3) is 0.160. The van der Waals surface area contributed by atoms with Gasteiger partial charge in [0.1, 0.15) is 0 Å². The molecule has 0 radical (unpaired) electrons. The van der Waals surface area contributed by atoms with Crippen LogP contribution < -0.4 is 10.9 Å². The number of esters is 1. The van der Waals surface area contributed by atoms with E-state index in [1.54, 1.807) is 18.2 Å². The van der Waals surface area contributed by atoms with Crippen LogP contribution in [0.3, 0.4) is 0 Å². The molecule has 1 heterocycles. The van der Waals surface area contributed by atoms with Crippen LogP contribution in [0.15, 0.2) is 83.9 Å². The molecule has 0 fully saturated rings. The van der Waals surface area contributed by atoms with Crippen molar-refractivity contribution in [3.05, 3.63) is 101 Å². The van der Waals surface area contributed by atoms with Gasteiger partial charge in [-0.1, -0.05) is 66.2 Å². The molecular formula is C25H23N3O4. The van der Waals surface area contributed by atoms with Gasteiger partial charge in [0.25, 0.3) is 0 Å². The van der Waals surface area contributed by atoms with Gasteiger partial charge < -0.3 is 9.47 Å². The Hall–Kier alpha value is -4.13. The number of hydrogen-bond acceptors (Lipinski definition) is 6. The highest BCUT2D eigenvalue weighted by Gasteiger charge is 2.49. The Morgan fingerprint density at radius 3 is 2.41 bits per heavy atom. The van der Waals surface area contributed by atoms with Gasteiger partial charge in [-0.3, -0.25) is 5.43 Å². The van der Waals surface area contributed by atoms with Gasteiger partial charge in [-0.25, -0.2) is 20.0 Å². The standard InChI is InChI=1S/C25H23N3O4/c1-17-12-14-19(15-13-17)22-26-25(23(29)32-22,16-18-8-4-3-5-9-18)20-10-6-7-11-21(20)27-28-24(30)31-2/h3-15,27H,16H2,1-2H3,(H,28,30). The fourth-order valence-corrected chi connectivity index (χ4v) is 3.62. The molecule has 0 aromatic heterocycles. The number of methoxy groups -OCH3 is 1. The highest BCUT2D eigenvalue weighted by molar-refractivity contribution is 6.08. The molecule has 7 nitrogen and oxygen atoms in total. The minimum Gasteiger partial charge on any atom is -0.452 e. The van der Waals surface area contributed by atoms with E-state index in [0.29, 0.717) is 17.7 Å². The van der Waals surface area contributed by atoms with Crippen molar-refractivity contribution in [1.29, 1.82) is 0 Å². The second kappa shape index (κ2) is 8.93. The van der Waals surface area contributed by atoms with E-state index in [9.17, 15) is 9.59 Å². The molecule has 3 aromatic carbocycles. The molecule has 1 atom stereocenters. The van der Waals surface area contributed by atoms with Crippen LogP contribution >= 0.6 is 0 Å². The zero-order valence-corrected chi connectivity index (χ0v) is 17.8. The molecule has 4 rings (SSSR count). The zero-order chi connectivity index (χ0) is 22.6. The van der Waals surface area contributed by atoms with Crippen LogP contribution in [0, 0.1) is 6.92 Å². The lowest BCUT2D eigenvalue weighted by molar-refractivity contribution is -0.139. The Bertz CT molecular complexity index is 1160. The van der Waals surface area contributed by atoms with Crippen LogP contribution in [0.4, 0.5) is 10.5 Å². The number of hydrazine groups is 1. The zero-order valence-electron chi connectivity index (χ0n) is 17.8. The van der Waals surface area contributed by atoms with Crippen LogP contribution in [-0.2, 0) is 26.2 Å². The number of amides is 1. The maximum Gasteiger partial charge on any atom is 0.425 e. The molecule has 0 aliphatic carbocycles. The predicted molar refractivity (Wildman–Crippen MR) is 121 cm³/mol. The average Bonchev–Trinajstić information content (AvgIpc) is 3.15. The lowest BCUT2D eigenvalue weighted by Gasteiger charge is -2.25. The molecule has 1 amide bonds. The molecule has 7 heteroatoms. The maximum atomic E-state index is 13.4. The monoisotopic (exact) mass is 429 g/mol. The van der Waals surface area contributed by atoms with Crippen LogP contribution in [-0.4, -0.2) is 25.1 Å². The Kier molecular flexibility index (Phi) is 5.89. The van der Waals surface area contributed by atoms with Gasteiger partial charge >= 0.3 is 12.1 Å². The lowest BCUT2D eigenvalue weighted by Crippen LogP contribution is -2.36. The maximum absolute atomic E-state index is 13.4. The van der Waals surface area contributed by atoms with Crippen LogP contribution in [0.25, 0.3) is 0 Å². The third-order valence-corrected chi connectivity index (χ3v) is 5.28. The lowest BCUT2D eigenvalue weighted by atomic mass is 9.83. The highest BCUT2D eigenvalue weighted by atomic mass is 16.6. The summed E-state index contributed by atoms with van der Waals surface area (Å²) in [5.74, 6) is -0.217. The normalized spacial score (nSPS) is 17.3. The Morgan fingerprint density at radius 1 is 1.00 bits per heavy atom. The molecule has 0 bridgehead atoms. The van der Waals surface area contributed by atoms with Crippen molar-refractivity contribution in [2.45, 2.75) is 18.9 Å². The Balaban J connectivity index is 1.82. The number of carbonyl (C=O) groups excluding carboxylic acids is 2. The van der Waals surface area contributed by atoms with Crippen molar-refractivity contribution in [3.63, 3.8) is 0 Å². The minimum atomic E-state index is -1.33. The number of rotatable bonds is 6. The molecule has 1 unspecified atom stereocenters. The first-order chi connectivity index (χ1) is 15.5. The first-order valence-corrected chi connectivity index (χ1v) is 10.1. The summed E-state index contributed by atoms with van der Waals surface area (Å²) in [7, 11) is 1.27. The van der Waals surface area contributed by atoms with E-state index in [-0.39, 0.29) is 5.90 Å². The number of benzene rings is 3. The van der Waals surface area contributed by atoms with E-state index < -0.39 is 17.6 Å². The molecule has 0 saturated heterocycles. The number of hydrogen-bond donors (Lipinski definition) is 2. The van der Waals surface area contributed by atoms with E-state index in [1.807, 2.05) is 67.6 Å². The predicted octanol–water partition coefficient (Wildman–Crippen LogP) is 4.12. The van der Waals surface area contributed by atoms with E-state index >= 15 is 0 Å². The van der Waals surface area contributed by atoms with Gasteiger partial charge in [0.2, 0.25) is 5.90 Å². The first-order valence-electron chi connectivity index (χ1n) is 10.1. The topological polar surface area (TPSA) is 89.0 Å². The van der Waals surface area contributed by atoms with Crippen LogP contribution in [0.5, 0.6) is 0 Å². The smallest absolute Gasteiger partial charge is 0.425 e. The van der Waals surface area contributed by atoms with Gasteiger partial charge in [0, 0.05) is 17.5 Å². The van der Waals surface area contributed by atoms with Crippen molar-refractivity contribution in [2.75, 3.05) is 12.5 Å². The molecule has 3 aromatic rings. The largest absolute Gasteiger partial charge is 0.452 e. The van der Waals surface area contributed by atoms with Crippen LogP contribution in [0.1, 0.15) is 22.3 Å². The van der Waals surface area contributed by atoms with E-state index in [0.717, 1.165) is 16.7 Å². The molecule has 1 aliphatic rings. The van der Waals surface area contributed by atoms with Gasteiger partial charge in [0.05, 0.1) is 12.8 Å². The number of para-hydroxylation sites is 1. The van der Waals surface area contributed by atoms with E-state index in [4.69, 9.17) is 9.73 Å². The fourth-order valence-electron chi connectivity index (χ4n) is 3.62. The molecule has 0 spiro atoms. The first kappa shape index (κ1) is 21.1. The SMILES string of the molecule is COC(=O)NNc1ccccc1C1(Cc2ccccc2)N=C(c2ccc(C)cc2)OC1=O. The number of aryl methyl sites for hydroxylation is 1. The van der Waals surface area contributed by atoms with E-state index in [2.05, 4.69) is 15.6 Å². The summed E-state index contributed by atoms with van der Waals surface area (Å²) >= 11 is 0. The van der Waals surface area contributed by atoms with Gasteiger partial charge in [0.15, 0.2) is 5.54 Å². The van der Waals surface area contributed by atoms with Crippen molar-refractivity contribution in [1.82, 2.24) is 5.43 Å². The quantitative estimate of drug-likeness (QED) is 0.455. The number of ether oxygens (including phenoxy) is 2. The third-order valence-electron chi connectivity index (χ3n) is 5.28. The second-order valence-electron chi connectivity index (χ2n) is 7.48. The molecular weight excluding hydrogens is 406 g/mol. The second-order valence-corrected chi connectivity index (χ2v) is 7.48. The summed E-state index contributed by atoms with van der Waals surface area (Å²) in [6.07, 6.45) is -0.367. The van der Waals surface area contributed by atoms with E-state index in [1.165, 1.54) is 7.11 Å². The molecule has 162 valence electrons. The summed E-state index contributed by atoms with van der Waals surface area (Å²) < 4.78 is 10.3. The minimum absolute atomic E-state index is 0.265. The Morgan fingerprint density at radius 2 is 1.69 bits per heavy atom. The van der Waals surface area contributed by atoms with Crippen molar-refractivity contribution < 1.29 is 19.1 Å². The number of cyclic esters (lactones) is 1.